The van der Waals surface area contributed by atoms with Crippen molar-refractivity contribution in [1.82, 2.24) is 20.4 Å². The molecule has 7 nitrogen and oxygen atoms in total. The molecule has 0 fully saturated rings. The van der Waals surface area contributed by atoms with Crippen molar-refractivity contribution in [3.8, 4) is 0 Å². The number of benzene rings is 1. The third kappa shape index (κ3) is 4.62. The number of hydrogen-bond acceptors (Lipinski definition) is 3. The third-order valence-corrected chi connectivity index (χ3v) is 3.07. The zero-order valence-electron chi connectivity index (χ0n) is 12.6. The summed E-state index contributed by atoms with van der Waals surface area (Å²) in [6, 6.07) is 6.87. The van der Waals surface area contributed by atoms with Gasteiger partial charge >= 0.3 is 6.03 Å². The average molecular weight is 301 g/mol. The summed E-state index contributed by atoms with van der Waals surface area (Å²) in [5.41, 5.74) is 2.49. The van der Waals surface area contributed by atoms with E-state index in [1.807, 2.05) is 25.4 Å². The molecule has 1 aromatic heterocycles. The number of hydrogen-bond donors (Lipinski definition) is 3. The van der Waals surface area contributed by atoms with Crippen molar-refractivity contribution in [1.29, 1.82) is 0 Å². The van der Waals surface area contributed by atoms with E-state index in [-0.39, 0.29) is 11.9 Å². The number of rotatable bonds is 5. The number of likely N-dealkylation sites (N-methyl/N-ethyl adjacent to an activating group) is 1. The maximum atomic E-state index is 11.8. The molecule has 0 saturated carbocycles. The Labute approximate surface area is 128 Å². The first-order valence-electron chi connectivity index (χ1n) is 6.88. The summed E-state index contributed by atoms with van der Waals surface area (Å²) in [6.07, 6.45) is 3.87. The molecule has 1 heterocycles. The molecule has 0 atom stereocenters. The second kappa shape index (κ2) is 7.26. The molecule has 0 aliphatic heterocycles. The van der Waals surface area contributed by atoms with Gasteiger partial charge in [0.1, 0.15) is 0 Å². The molecule has 3 N–H and O–H groups in total. The standard InChI is InChI=1S/C15H19N5O2/c1-16-14(21)7-11-3-5-13(6-4-11)19-15(22)17-8-12-9-18-20(2)10-12/h3-6,9-10H,7-8H2,1-2H3,(H,16,21)(H2,17,19,22). The maximum absolute atomic E-state index is 11.8. The fraction of sp³-hybridized carbons (Fsp3) is 0.267. The molecule has 116 valence electrons. The van der Waals surface area contributed by atoms with E-state index in [0.29, 0.717) is 18.7 Å². The fourth-order valence-electron chi connectivity index (χ4n) is 1.90. The Morgan fingerprint density at radius 2 is 1.91 bits per heavy atom. The Balaban J connectivity index is 1.82. The highest BCUT2D eigenvalue weighted by Gasteiger charge is 2.04. The molecule has 0 spiro atoms. The Hall–Kier alpha value is -2.83. The van der Waals surface area contributed by atoms with Gasteiger partial charge in [-0.2, -0.15) is 5.10 Å². The molecular weight excluding hydrogens is 282 g/mol. The highest BCUT2D eigenvalue weighted by Crippen LogP contribution is 2.10. The average Bonchev–Trinajstić information content (AvgIpc) is 2.92. The number of urea groups is 1. The molecule has 2 rings (SSSR count). The van der Waals surface area contributed by atoms with Gasteiger partial charge in [0.15, 0.2) is 0 Å². The van der Waals surface area contributed by atoms with Gasteiger partial charge in [0, 0.05) is 38.1 Å². The summed E-state index contributed by atoms with van der Waals surface area (Å²) < 4.78 is 1.68. The van der Waals surface area contributed by atoms with E-state index in [4.69, 9.17) is 0 Å². The lowest BCUT2D eigenvalue weighted by molar-refractivity contribution is -0.119. The monoisotopic (exact) mass is 301 g/mol. The normalized spacial score (nSPS) is 10.1. The molecule has 0 aliphatic carbocycles. The number of nitrogens with zero attached hydrogens (tertiary/aromatic N) is 2. The number of nitrogens with one attached hydrogen (secondary N) is 3. The van der Waals surface area contributed by atoms with Crippen LogP contribution in [0.2, 0.25) is 0 Å². The van der Waals surface area contributed by atoms with E-state index in [1.165, 1.54) is 0 Å². The van der Waals surface area contributed by atoms with Gasteiger partial charge in [-0.25, -0.2) is 4.79 Å². The van der Waals surface area contributed by atoms with Crippen molar-refractivity contribution in [2.24, 2.45) is 7.05 Å². The number of amides is 3. The zero-order valence-corrected chi connectivity index (χ0v) is 12.6. The minimum absolute atomic E-state index is 0.0464. The Bertz CT molecular complexity index is 648. The quantitative estimate of drug-likeness (QED) is 0.770. The zero-order chi connectivity index (χ0) is 15.9. The Morgan fingerprint density at radius 1 is 1.18 bits per heavy atom. The van der Waals surface area contributed by atoms with Crippen LogP contribution in [0.3, 0.4) is 0 Å². The summed E-state index contributed by atoms with van der Waals surface area (Å²) in [7, 11) is 3.43. The van der Waals surface area contributed by atoms with E-state index in [9.17, 15) is 9.59 Å². The van der Waals surface area contributed by atoms with Gasteiger partial charge in [-0.05, 0) is 17.7 Å². The van der Waals surface area contributed by atoms with E-state index in [2.05, 4.69) is 21.0 Å². The highest BCUT2D eigenvalue weighted by atomic mass is 16.2. The summed E-state index contributed by atoms with van der Waals surface area (Å²) in [6.45, 7) is 0.411. The van der Waals surface area contributed by atoms with E-state index in [1.54, 1.807) is 30.1 Å². The number of carbonyl (C=O) groups is 2. The molecule has 0 bridgehead atoms. The smallest absolute Gasteiger partial charge is 0.319 e. The van der Waals surface area contributed by atoms with Gasteiger partial charge in [-0.1, -0.05) is 12.1 Å². The first kappa shape index (κ1) is 15.6. The van der Waals surface area contributed by atoms with Crippen molar-refractivity contribution in [3.05, 3.63) is 47.8 Å². The minimum atomic E-state index is -0.289. The van der Waals surface area contributed by atoms with Crippen LogP contribution in [0.4, 0.5) is 10.5 Å². The molecule has 22 heavy (non-hydrogen) atoms. The van der Waals surface area contributed by atoms with Crippen LogP contribution >= 0.6 is 0 Å². The molecule has 0 radical (unpaired) electrons. The lowest BCUT2D eigenvalue weighted by atomic mass is 10.1. The van der Waals surface area contributed by atoms with Crippen LogP contribution < -0.4 is 16.0 Å². The Kier molecular flexibility index (Phi) is 5.13. The second-order valence-electron chi connectivity index (χ2n) is 4.88. The molecule has 1 aromatic carbocycles. The van der Waals surface area contributed by atoms with Gasteiger partial charge in [-0.3, -0.25) is 9.48 Å². The molecule has 0 aliphatic rings. The van der Waals surface area contributed by atoms with E-state index in [0.717, 1.165) is 11.1 Å². The van der Waals surface area contributed by atoms with Crippen LogP contribution in [-0.2, 0) is 24.8 Å². The largest absolute Gasteiger partial charge is 0.359 e. The predicted octanol–water partition coefficient (Wildman–Crippen LogP) is 1.03. The number of aromatic nitrogens is 2. The van der Waals surface area contributed by atoms with Crippen molar-refractivity contribution < 1.29 is 9.59 Å². The summed E-state index contributed by atoms with van der Waals surface area (Å²) in [5, 5.41) is 12.1. The lowest BCUT2D eigenvalue weighted by Crippen LogP contribution is -2.28. The molecule has 0 saturated heterocycles. The lowest BCUT2D eigenvalue weighted by Gasteiger charge is -2.07. The number of anilines is 1. The van der Waals surface area contributed by atoms with Gasteiger partial charge in [-0.15, -0.1) is 0 Å². The van der Waals surface area contributed by atoms with Crippen molar-refractivity contribution in [3.63, 3.8) is 0 Å². The second-order valence-corrected chi connectivity index (χ2v) is 4.88. The van der Waals surface area contributed by atoms with Crippen LogP contribution in [0.25, 0.3) is 0 Å². The Morgan fingerprint density at radius 3 is 2.50 bits per heavy atom. The summed E-state index contributed by atoms with van der Waals surface area (Å²) >= 11 is 0. The highest BCUT2D eigenvalue weighted by molar-refractivity contribution is 5.89. The van der Waals surface area contributed by atoms with E-state index < -0.39 is 0 Å². The molecule has 3 amide bonds. The number of carbonyl (C=O) groups excluding carboxylic acids is 2. The van der Waals surface area contributed by atoms with Gasteiger partial charge in [0.05, 0.1) is 12.6 Å². The van der Waals surface area contributed by atoms with Gasteiger partial charge in [0.2, 0.25) is 5.91 Å². The first-order chi connectivity index (χ1) is 10.6. The molecule has 2 aromatic rings. The van der Waals surface area contributed by atoms with Crippen LogP contribution in [-0.4, -0.2) is 28.8 Å². The van der Waals surface area contributed by atoms with Crippen LogP contribution in [0.1, 0.15) is 11.1 Å². The molecular formula is C15H19N5O2. The van der Waals surface area contributed by atoms with Crippen molar-refractivity contribution >= 4 is 17.6 Å². The van der Waals surface area contributed by atoms with Crippen molar-refractivity contribution in [2.75, 3.05) is 12.4 Å². The summed E-state index contributed by atoms with van der Waals surface area (Å²) in [5.74, 6) is -0.0464. The predicted molar refractivity (Wildman–Crippen MR) is 83.3 cm³/mol. The van der Waals surface area contributed by atoms with Gasteiger partial charge < -0.3 is 16.0 Å². The summed E-state index contributed by atoms with van der Waals surface area (Å²) in [4.78, 5) is 23.1. The topological polar surface area (TPSA) is 88.1 Å². The first-order valence-corrected chi connectivity index (χ1v) is 6.88. The minimum Gasteiger partial charge on any atom is -0.359 e. The molecule has 7 heteroatoms. The van der Waals surface area contributed by atoms with Crippen molar-refractivity contribution in [2.45, 2.75) is 13.0 Å². The number of aryl methyl sites for hydroxylation is 1. The molecule has 0 unspecified atom stereocenters. The van der Waals surface area contributed by atoms with Gasteiger partial charge in [0.25, 0.3) is 0 Å². The van der Waals surface area contributed by atoms with E-state index >= 15 is 0 Å². The SMILES string of the molecule is CNC(=O)Cc1ccc(NC(=O)NCc2cnn(C)c2)cc1. The fourth-order valence-corrected chi connectivity index (χ4v) is 1.90. The maximum Gasteiger partial charge on any atom is 0.319 e. The third-order valence-electron chi connectivity index (χ3n) is 3.07. The van der Waals surface area contributed by atoms with Crippen LogP contribution in [0, 0.1) is 0 Å². The van der Waals surface area contributed by atoms with Crippen LogP contribution in [0.5, 0.6) is 0 Å². The van der Waals surface area contributed by atoms with Crippen LogP contribution in [0.15, 0.2) is 36.7 Å².